The summed E-state index contributed by atoms with van der Waals surface area (Å²) in [6, 6.07) is 6.20. The van der Waals surface area contributed by atoms with Crippen molar-refractivity contribution in [2.45, 2.75) is 45.2 Å². The molecule has 140 valence electrons. The third kappa shape index (κ3) is 4.39. The first-order valence-corrected chi connectivity index (χ1v) is 8.94. The van der Waals surface area contributed by atoms with Crippen LogP contribution in [0.2, 0.25) is 0 Å². The van der Waals surface area contributed by atoms with E-state index in [0.717, 1.165) is 32.4 Å². The summed E-state index contributed by atoms with van der Waals surface area (Å²) in [4.78, 5) is 15.1. The lowest BCUT2D eigenvalue weighted by atomic mass is 10.1. The van der Waals surface area contributed by atoms with Crippen LogP contribution in [0.3, 0.4) is 0 Å². The molecule has 6 heteroatoms. The summed E-state index contributed by atoms with van der Waals surface area (Å²) in [5.74, 6) is 1.88. The van der Waals surface area contributed by atoms with Gasteiger partial charge in [-0.1, -0.05) is 13.8 Å². The Balaban J connectivity index is 0.00000225. The van der Waals surface area contributed by atoms with Crippen LogP contribution in [0, 0.1) is 5.92 Å². The Bertz CT molecular complexity index is 580. The maximum Gasteiger partial charge on any atom is 0.254 e. The molecule has 2 heterocycles. The molecule has 2 unspecified atom stereocenters. The average Bonchev–Trinajstić information content (AvgIpc) is 2.84. The van der Waals surface area contributed by atoms with Crippen molar-refractivity contribution in [1.29, 1.82) is 0 Å². The molecule has 5 nitrogen and oxygen atoms in total. The van der Waals surface area contributed by atoms with E-state index in [0.29, 0.717) is 41.7 Å². The molecule has 2 saturated heterocycles. The summed E-state index contributed by atoms with van der Waals surface area (Å²) in [5, 5.41) is 3.44. The van der Waals surface area contributed by atoms with Crippen LogP contribution < -0.4 is 14.8 Å². The molecule has 3 rings (SSSR count). The van der Waals surface area contributed by atoms with Gasteiger partial charge >= 0.3 is 0 Å². The van der Waals surface area contributed by atoms with E-state index in [4.69, 9.17) is 9.47 Å². The van der Waals surface area contributed by atoms with Crippen LogP contribution in [0.5, 0.6) is 11.5 Å². The number of rotatable bonds is 5. The first-order chi connectivity index (χ1) is 11.6. The van der Waals surface area contributed by atoms with Gasteiger partial charge < -0.3 is 19.7 Å². The number of hydrogen-bond donors (Lipinski definition) is 1. The molecule has 0 aliphatic carbocycles. The van der Waals surface area contributed by atoms with Crippen molar-refractivity contribution in [3.63, 3.8) is 0 Å². The highest BCUT2D eigenvalue weighted by Crippen LogP contribution is 2.33. The maximum absolute atomic E-state index is 13.1. The lowest BCUT2D eigenvalue weighted by Gasteiger charge is -2.28. The number of carbonyl (C=O) groups excluding carboxylic acids is 1. The largest absolute Gasteiger partial charge is 0.493 e. The van der Waals surface area contributed by atoms with Crippen molar-refractivity contribution < 1.29 is 14.3 Å². The highest BCUT2D eigenvalue weighted by atomic mass is 35.5. The van der Waals surface area contributed by atoms with E-state index in [2.05, 4.69) is 24.1 Å². The average molecular weight is 369 g/mol. The van der Waals surface area contributed by atoms with Gasteiger partial charge in [-0.2, -0.15) is 0 Å². The first-order valence-electron chi connectivity index (χ1n) is 8.94. The van der Waals surface area contributed by atoms with Crippen LogP contribution in [0.1, 0.15) is 43.5 Å². The van der Waals surface area contributed by atoms with Gasteiger partial charge in [0.15, 0.2) is 11.5 Å². The molecular formula is C19H29ClN2O3. The van der Waals surface area contributed by atoms with Crippen LogP contribution >= 0.6 is 12.4 Å². The number of ether oxygens (including phenoxy) is 2. The second kappa shape index (κ2) is 8.77. The highest BCUT2D eigenvalue weighted by molar-refractivity contribution is 5.95. The molecular weight excluding hydrogens is 340 g/mol. The van der Waals surface area contributed by atoms with Crippen molar-refractivity contribution in [2.75, 3.05) is 26.8 Å². The fourth-order valence-electron chi connectivity index (χ4n) is 3.64. The molecule has 1 aromatic rings. The SMILES string of the molecule is COc1cc(C(=O)N2C3CCNCC2CC3)ccc1OCC(C)C.Cl. The summed E-state index contributed by atoms with van der Waals surface area (Å²) in [6.45, 7) is 6.73. The monoisotopic (exact) mass is 368 g/mol. The lowest BCUT2D eigenvalue weighted by molar-refractivity contribution is 0.0680. The topological polar surface area (TPSA) is 50.8 Å². The van der Waals surface area contributed by atoms with Gasteiger partial charge in [0.1, 0.15) is 0 Å². The molecule has 2 atom stereocenters. The zero-order chi connectivity index (χ0) is 17.1. The molecule has 0 spiro atoms. The van der Waals surface area contributed by atoms with E-state index in [-0.39, 0.29) is 18.3 Å². The van der Waals surface area contributed by atoms with Gasteiger partial charge in [0, 0.05) is 24.2 Å². The van der Waals surface area contributed by atoms with Crippen molar-refractivity contribution in [2.24, 2.45) is 5.92 Å². The Morgan fingerprint density at radius 1 is 1.24 bits per heavy atom. The van der Waals surface area contributed by atoms with E-state index >= 15 is 0 Å². The number of fused-ring (bicyclic) bond motifs is 2. The zero-order valence-electron chi connectivity index (χ0n) is 15.3. The van der Waals surface area contributed by atoms with Crippen LogP contribution in [0.25, 0.3) is 0 Å². The third-order valence-electron chi connectivity index (χ3n) is 4.87. The minimum Gasteiger partial charge on any atom is -0.493 e. The number of nitrogens with zero attached hydrogens (tertiary/aromatic N) is 1. The second-order valence-corrected chi connectivity index (χ2v) is 7.16. The molecule has 1 N–H and O–H groups in total. The van der Waals surface area contributed by atoms with Crippen molar-refractivity contribution in [3.05, 3.63) is 23.8 Å². The van der Waals surface area contributed by atoms with Gasteiger partial charge in [0.05, 0.1) is 13.7 Å². The number of nitrogens with one attached hydrogen (secondary N) is 1. The Hall–Kier alpha value is -1.46. The molecule has 25 heavy (non-hydrogen) atoms. The number of carbonyl (C=O) groups is 1. The van der Waals surface area contributed by atoms with Crippen molar-refractivity contribution in [1.82, 2.24) is 10.2 Å². The number of amides is 1. The van der Waals surface area contributed by atoms with Crippen LogP contribution in [-0.4, -0.2) is 49.7 Å². The predicted molar refractivity (Wildman–Crippen MR) is 101 cm³/mol. The smallest absolute Gasteiger partial charge is 0.254 e. The lowest BCUT2D eigenvalue weighted by Crippen LogP contribution is -2.42. The molecule has 2 aliphatic rings. The minimum atomic E-state index is 0. The second-order valence-electron chi connectivity index (χ2n) is 7.16. The van der Waals surface area contributed by atoms with E-state index < -0.39 is 0 Å². The fraction of sp³-hybridized carbons (Fsp3) is 0.632. The van der Waals surface area contributed by atoms with Gasteiger partial charge in [-0.25, -0.2) is 0 Å². The quantitative estimate of drug-likeness (QED) is 0.867. The molecule has 0 radical (unpaired) electrons. The van der Waals surface area contributed by atoms with Gasteiger partial charge in [-0.05, 0) is 49.9 Å². The molecule has 2 fully saturated rings. The molecule has 1 amide bonds. The summed E-state index contributed by atoms with van der Waals surface area (Å²) in [6.07, 6.45) is 3.25. The zero-order valence-corrected chi connectivity index (χ0v) is 16.1. The molecule has 2 bridgehead atoms. The molecule has 2 aliphatic heterocycles. The molecule has 1 aromatic carbocycles. The normalized spacial score (nSPS) is 22.3. The Labute approximate surface area is 156 Å². The Morgan fingerprint density at radius 2 is 2.00 bits per heavy atom. The van der Waals surface area contributed by atoms with E-state index in [1.807, 2.05) is 18.2 Å². The summed E-state index contributed by atoms with van der Waals surface area (Å²) < 4.78 is 11.2. The Kier molecular flexibility index (Phi) is 6.96. The van der Waals surface area contributed by atoms with Gasteiger partial charge in [-0.15, -0.1) is 12.4 Å². The van der Waals surface area contributed by atoms with E-state index in [1.165, 1.54) is 0 Å². The number of benzene rings is 1. The van der Waals surface area contributed by atoms with Gasteiger partial charge in [0.2, 0.25) is 0 Å². The minimum absolute atomic E-state index is 0. The van der Waals surface area contributed by atoms with Gasteiger partial charge in [-0.3, -0.25) is 4.79 Å². The molecule has 0 aromatic heterocycles. The van der Waals surface area contributed by atoms with Gasteiger partial charge in [0.25, 0.3) is 5.91 Å². The Morgan fingerprint density at radius 3 is 2.72 bits per heavy atom. The fourth-order valence-corrected chi connectivity index (χ4v) is 3.64. The third-order valence-corrected chi connectivity index (χ3v) is 4.87. The van der Waals surface area contributed by atoms with Crippen molar-refractivity contribution in [3.8, 4) is 11.5 Å². The maximum atomic E-state index is 13.1. The van der Waals surface area contributed by atoms with E-state index in [9.17, 15) is 4.79 Å². The van der Waals surface area contributed by atoms with Crippen LogP contribution in [-0.2, 0) is 0 Å². The number of halogens is 1. The summed E-state index contributed by atoms with van der Waals surface area (Å²) >= 11 is 0. The summed E-state index contributed by atoms with van der Waals surface area (Å²) in [7, 11) is 1.62. The van der Waals surface area contributed by atoms with Crippen LogP contribution in [0.4, 0.5) is 0 Å². The molecule has 0 saturated carbocycles. The highest BCUT2D eigenvalue weighted by Gasteiger charge is 2.38. The summed E-state index contributed by atoms with van der Waals surface area (Å²) in [5.41, 5.74) is 0.683. The first kappa shape index (κ1) is 19.9. The van der Waals surface area contributed by atoms with Crippen LogP contribution in [0.15, 0.2) is 18.2 Å². The standard InChI is InChI=1S/C19H28N2O3.ClH/c1-13(2)12-24-17-7-4-14(10-18(17)23-3)19(22)21-15-5-6-16(21)11-20-9-8-15;/h4,7,10,13,15-16,20H,5-6,8-9,11-12H2,1-3H3;1H. The van der Waals surface area contributed by atoms with Crippen molar-refractivity contribution >= 4 is 18.3 Å². The van der Waals surface area contributed by atoms with E-state index in [1.54, 1.807) is 7.11 Å². The predicted octanol–water partition coefficient (Wildman–Crippen LogP) is 3.12. The number of hydrogen-bond acceptors (Lipinski definition) is 4. The number of methoxy groups -OCH3 is 1.